The van der Waals surface area contributed by atoms with E-state index in [4.69, 9.17) is 0 Å². The topological polar surface area (TPSA) is 118 Å². The van der Waals surface area contributed by atoms with Crippen molar-refractivity contribution in [3.05, 3.63) is 63.7 Å². The molecule has 0 aliphatic heterocycles. The number of aromatic nitrogens is 6. The summed E-state index contributed by atoms with van der Waals surface area (Å²) < 4.78 is 1.59. The molecule has 4 rings (SSSR count). The number of nitrogens with zero attached hydrogens (tertiary/aromatic N) is 5. The first-order chi connectivity index (χ1) is 12.2. The highest BCUT2D eigenvalue weighted by Crippen LogP contribution is 2.22. The predicted molar refractivity (Wildman–Crippen MR) is 90.1 cm³/mol. The SMILES string of the molecule is O=C(NCc1nnc2ccc(-c3cccs3)nn12)c1ccc(=O)[nH]n1. The Morgan fingerprint density at radius 2 is 2.12 bits per heavy atom. The van der Waals surface area contributed by atoms with Gasteiger partial charge in [-0.1, -0.05) is 6.07 Å². The van der Waals surface area contributed by atoms with Crippen molar-refractivity contribution in [3.8, 4) is 10.6 Å². The van der Waals surface area contributed by atoms with Crippen LogP contribution >= 0.6 is 11.3 Å². The van der Waals surface area contributed by atoms with Crippen molar-refractivity contribution in [2.24, 2.45) is 0 Å². The molecule has 0 aromatic carbocycles. The summed E-state index contributed by atoms with van der Waals surface area (Å²) in [6.07, 6.45) is 0. The van der Waals surface area contributed by atoms with Gasteiger partial charge in [-0.25, -0.2) is 5.10 Å². The van der Waals surface area contributed by atoms with E-state index < -0.39 is 5.91 Å². The highest BCUT2D eigenvalue weighted by molar-refractivity contribution is 7.13. The van der Waals surface area contributed by atoms with Crippen LogP contribution in [0, 0.1) is 0 Å². The molecule has 4 aromatic rings. The number of carbonyl (C=O) groups excluding carboxylic acids is 1. The number of thiophene rings is 1. The number of amides is 1. The van der Waals surface area contributed by atoms with E-state index >= 15 is 0 Å². The van der Waals surface area contributed by atoms with E-state index in [1.807, 2.05) is 29.6 Å². The van der Waals surface area contributed by atoms with Gasteiger partial charge in [0.25, 0.3) is 11.5 Å². The highest BCUT2D eigenvalue weighted by atomic mass is 32.1. The van der Waals surface area contributed by atoms with Crippen LogP contribution in [0.5, 0.6) is 0 Å². The molecule has 0 saturated carbocycles. The van der Waals surface area contributed by atoms with Gasteiger partial charge in [0.15, 0.2) is 11.5 Å². The Kier molecular flexibility index (Phi) is 3.78. The zero-order valence-electron chi connectivity index (χ0n) is 12.7. The van der Waals surface area contributed by atoms with Gasteiger partial charge in [-0.2, -0.15) is 14.7 Å². The monoisotopic (exact) mass is 353 g/mol. The third kappa shape index (κ3) is 3.02. The van der Waals surface area contributed by atoms with Gasteiger partial charge in [-0.15, -0.1) is 21.5 Å². The molecular formula is C15H11N7O2S. The number of nitrogens with one attached hydrogen (secondary N) is 2. The summed E-state index contributed by atoms with van der Waals surface area (Å²) in [5.41, 5.74) is 1.13. The lowest BCUT2D eigenvalue weighted by atomic mass is 10.3. The van der Waals surface area contributed by atoms with Crippen molar-refractivity contribution < 1.29 is 4.79 Å². The fourth-order valence-electron chi connectivity index (χ4n) is 2.22. The predicted octanol–water partition coefficient (Wildman–Crippen LogP) is 0.866. The number of hydrogen-bond donors (Lipinski definition) is 2. The summed E-state index contributed by atoms with van der Waals surface area (Å²) in [7, 11) is 0. The van der Waals surface area contributed by atoms with Crippen LogP contribution in [-0.4, -0.2) is 35.9 Å². The molecular weight excluding hydrogens is 342 g/mol. The molecule has 0 fully saturated rings. The molecule has 124 valence electrons. The molecule has 25 heavy (non-hydrogen) atoms. The number of aromatic amines is 1. The molecule has 0 atom stereocenters. The standard InChI is InChI=1S/C15H11N7O2S/c23-14-6-4-10(17-20-14)15(24)16-8-13-19-18-12-5-3-9(21-22(12)13)11-2-1-7-25-11/h1-7H,8H2,(H,16,24)(H,20,23). The van der Waals surface area contributed by atoms with Gasteiger partial charge < -0.3 is 5.32 Å². The fraction of sp³-hybridized carbons (Fsp3) is 0.0667. The maximum atomic E-state index is 12.1. The maximum Gasteiger partial charge on any atom is 0.272 e. The fourth-order valence-corrected chi connectivity index (χ4v) is 2.91. The second kappa shape index (κ2) is 6.24. The van der Waals surface area contributed by atoms with Gasteiger partial charge in [0, 0.05) is 6.07 Å². The first-order valence-corrected chi connectivity index (χ1v) is 8.18. The average molecular weight is 353 g/mol. The summed E-state index contributed by atoms with van der Waals surface area (Å²) in [4.78, 5) is 24.1. The second-order valence-corrected chi connectivity index (χ2v) is 6.02. The van der Waals surface area contributed by atoms with E-state index in [9.17, 15) is 9.59 Å². The Labute approximate surface area is 144 Å². The average Bonchev–Trinajstić information content (AvgIpc) is 3.30. The van der Waals surface area contributed by atoms with E-state index in [-0.39, 0.29) is 17.8 Å². The molecule has 0 aliphatic rings. The van der Waals surface area contributed by atoms with Gasteiger partial charge in [0.05, 0.1) is 11.4 Å². The number of rotatable bonds is 4. The van der Waals surface area contributed by atoms with Crippen LogP contribution < -0.4 is 10.9 Å². The van der Waals surface area contributed by atoms with Crippen LogP contribution in [0.25, 0.3) is 16.2 Å². The summed E-state index contributed by atoms with van der Waals surface area (Å²) in [6, 6.07) is 10.2. The van der Waals surface area contributed by atoms with Gasteiger partial charge in [0.1, 0.15) is 11.4 Å². The minimum atomic E-state index is -0.428. The lowest BCUT2D eigenvalue weighted by molar-refractivity contribution is 0.0943. The zero-order valence-corrected chi connectivity index (χ0v) is 13.5. The zero-order chi connectivity index (χ0) is 17.2. The highest BCUT2D eigenvalue weighted by Gasteiger charge is 2.12. The van der Waals surface area contributed by atoms with Gasteiger partial charge in [-0.05, 0) is 29.6 Å². The molecule has 0 saturated heterocycles. The minimum absolute atomic E-state index is 0.112. The summed E-state index contributed by atoms with van der Waals surface area (Å²) in [6.45, 7) is 0.127. The molecule has 0 radical (unpaired) electrons. The molecule has 4 aromatic heterocycles. The second-order valence-electron chi connectivity index (χ2n) is 5.07. The Morgan fingerprint density at radius 3 is 2.88 bits per heavy atom. The van der Waals surface area contributed by atoms with Crippen molar-refractivity contribution in [1.82, 2.24) is 35.3 Å². The van der Waals surface area contributed by atoms with E-state index in [0.29, 0.717) is 11.5 Å². The van der Waals surface area contributed by atoms with Crippen LogP contribution in [0.2, 0.25) is 0 Å². The van der Waals surface area contributed by atoms with Crippen LogP contribution in [-0.2, 0) is 6.54 Å². The lowest BCUT2D eigenvalue weighted by Gasteiger charge is -2.03. The van der Waals surface area contributed by atoms with E-state index in [1.54, 1.807) is 15.9 Å². The quantitative estimate of drug-likeness (QED) is 0.562. The van der Waals surface area contributed by atoms with Gasteiger partial charge in [0.2, 0.25) is 0 Å². The Hall–Kier alpha value is -3.40. The molecule has 0 aliphatic carbocycles. The van der Waals surface area contributed by atoms with Crippen molar-refractivity contribution in [2.75, 3.05) is 0 Å². The number of carbonyl (C=O) groups is 1. The van der Waals surface area contributed by atoms with E-state index in [2.05, 4.69) is 30.8 Å². The molecule has 0 spiro atoms. The molecule has 1 amide bonds. The number of fused-ring (bicyclic) bond motifs is 1. The van der Waals surface area contributed by atoms with Gasteiger partial charge >= 0.3 is 0 Å². The Bertz CT molecular complexity index is 1080. The third-order valence-corrected chi connectivity index (χ3v) is 4.31. The first kappa shape index (κ1) is 15.1. The molecule has 10 heteroatoms. The molecule has 9 nitrogen and oxygen atoms in total. The van der Waals surface area contributed by atoms with Crippen molar-refractivity contribution in [2.45, 2.75) is 6.54 Å². The lowest BCUT2D eigenvalue weighted by Crippen LogP contribution is -2.26. The van der Waals surface area contributed by atoms with Crippen LogP contribution in [0.1, 0.15) is 16.3 Å². The molecule has 0 unspecified atom stereocenters. The van der Waals surface area contributed by atoms with Crippen LogP contribution in [0.15, 0.2) is 46.6 Å². The molecule has 4 heterocycles. The largest absolute Gasteiger partial charge is 0.343 e. The molecule has 2 N–H and O–H groups in total. The Balaban J connectivity index is 1.57. The van der Waals surface area contributed by atoms with E-state index in [1.165, 1.54) is 12.1 Å². The number of hydrogen-bond acceptors (Lipinski definition) is 7. The van der Waals surface area contributed by atoms with E-state index in [0.717, 1.165) is 10.6 Å². The molecule has 0 bridgehead atoms. The summed E-state index contributed by atoms with van der Waals surface area (Å²) >= 11 is 1.59. The Morgan fingerprint density at radius 1 is 1.20 bits per heavy atom. The summed E-state index contributed by atoms with van der Waals surface area (Å²) in [5, 5.41) is 23.2. The van der Waals surface area contributed by atoms with Gasteiger partial charge in [-0.3, -0.25) is 9.59 Å². The van der Waals surface area contributed by atoms with Crippen LogP contribution in [0.3, 0.4) is 0 Å². The summed E-state index contributed by atoms with van der Waals surface area (Å²) in [5.74, 6) is 0.0635. The van der Waals surface area contributed by atoms with Crippen molar-refractivity contribution >= 4 is 22.9 Å². The normalized spacial score (nSPS) is 10.9. The van der Waals surface area contributed by atoms with Crippen molar-refractivity contribution in [1.29, 1.82) is 0 Å². The number of H-pyrrole nitrogens is 1. The first-order valence-electron chi connectivity index (χ1n) is 7.30. The maximum absolute atomic E-state index is 12.1. The van der Waals surface area contributed by atoms with Crippen LogP contribution in [0.4, 0.5) is 0 Å². The van der Waals surface area contributed by atoms with Crippen molar-refractivity contribution in [3.63, 3.8) is 0 Å². The minimum Gasteiger partial charge on any atom is -0.343 e. The third-order valence-electron chi connectivity index (χ3n) is 3.42. The smallest absolute Gasteiger partial charge is 0.272 e.